The van der Waals surface area contributed by atoms with Gasteiger partial charge in [0, 0.05) is 31.4 Å². The van der Waals surface area contributed by atoms with Gasteiger partial charge in [-0.3, -0.25) is 4.90 Å². The van der Waals surface area contributed by atoms with Gasteiger partial charge in [0.05, 0.1) is 17.7 Å². The maximum absolute atomic E-state index is 10.5. The third kappa shape index (κ3) is 4.39. The van der Waals surface area contributed by atoms with Gasteiger partial charge in [-0.05, 0) is 49.7 Å². The maximum atomic E-state index is 10.5. The molecule has 4 nitrogen and oxygen atoms in total. The standard InChI is InChI=1S/C21H25N3O/c1-23(16-21(25)18-11-9-17(14-22)10-12-18)20-8-5-13-24(15-20)19-6-3-2-4-7-19/h2-4,6-7,9-12,20-21,25H,5,8,13,15-16H2,1H3. The number of nitriles is 1. The Hall–Kier alpha value is -2.35. The van der Waals surface area contributed by atoms with Crippen molar-refractivity contribution in [3.63, 3.8) is 0 Å². The molecule has 2 aromatic carbocycles. The van der Waals surface area contributed by atoms with Crippen LogP contribution < -0.4 is 4.90 Å². The highest BCUT2D eigenvalue weighted by atomic mass is 16.3. The van der Waals surface area contributed by atoms with Crippen molar-refractivity contribution < 1.29 is 5.11 Å². The van der Waals surface area contributed by atoms with Crippen LogP contribution in [-0.4, -0.2) is 42.7 Å². The first-order valence-electron chi connectivity index (χ1n) is 8.85. The van der Waals surface area contributed by atoms with Gasteiger partial charge in [0.2, 0.25) is 0 Å². The van der Waals surface area contributed by atoms with E-state index in [2.05, 4.69) is 47.2 Å². The first-order valence-corrected chi connectivity index (χ1v) is 8.85. The van der Waals surface area contributed by atoms with Crippen LogP contribution in [0.25, 0.3) is 0 Å². The Kier molecular flexibility index (Phi) is 5.70. The van der Waals surface area contributed by atoms with E-state index in [1.54, 1.807) is 12.1 Å². The lowest BCUT2D eigenvalue weighted by molar-refractivity contribution is 0.0987. The maximum Gasteiger partial charge on any atom is 0.0991 e. The van der Waals surface area contributed by atoms with E-state index in [4.69, 9.17) is 5.26 Å². The summed E-state index contributed by atoms with van der Waals surface area (Å²) in [6, 6.07) is 20.3. The number of para-hydroxylation sites is 1. The molecule has 0 amide bonds. The van der Waals surface area contributed by atoms with Gasteiger partial charge in [-0.15, -0.1) is 0 Å². The Morgan fingerprint density at radius 3 is 2.60 bits per heavy atom. The summed E-state index contributed by atoms with van der Waals surface area (Å²) in [7, 11) is 2.09. The SMILES string of the molecule is CN(CC(O)c1ccc(C#N)cc1)C1CCCN(c2ccccc2)C1. The van der Waals surface area contributed by atoms with Gasteiger partial charge in [0.25, 0.3) is 0 Å². The number of aliphatic hydroxyl groups excluding tert-OH is 1. The molecule has 1 aliphatic rings. The molecule has 1 N–H and O–H groups in total. The predicted octanol–water partition coefficient (Wildman–Crippen LogP) is 3.19. The van der Waals surface area contributed by atoms with E-state index in [9.17, 15) is 5.11 Å². The topological polar surface area (TPSA) is 50.5 Å². The summed E-state index contributed by atoms with van der Waals surface area (Å²) in [6.07, 6.45) is 1.78. The summed E-state index contributed by atoms with van der Waals surface area (Å²) in [5.41, 5.74) is 2.75. The van der Waals surface area contributed by atoms with Crippen LogP contribution in [0, 0.1) is 11.3 Å². The minimum Gasteiger partial charge on any atom is -0.387 e. The van der Waals surface area contributed by atoms with E-state index >= 15 is 0 Å². The third-order valence-electron chi connectivity index (χ3n) is 5.03. The number of anilines is 1. The van der Waals surface area contributed by atoms with Crippen LogP contribution in [0.4, 0.5) is 5.69 Å². The average molecular weight is 335 g/mol. The lowest BCUT2D eigenvalue weighted by atomic mass is 10.0. The first-order chi connectivity index (χ1) is 12.2. The van der Waals surface area contributed by atoms with Crippen LogP contribution in [0.2, 0.25) is 0 Å². The summed E-state index contributed by atoms with van der Waals surface area (Å²) < 4.78 is 0. The highest BCUT2D eigenvalue weighted by molar-refractivity contribution is 5.46. The molecular formula is C21H25N3O. The molecule has 130 valence electrons. The second-order valence-electron chi connectivity index (χ2n) is 6.77. The Balaban J connectivity index is 1.60. The van der Waals surface area contributed by atoms with Crippen LogP contribution in [0.3, 0.4) is 0 Å². The Labute approximate surface area is 149 Å². The summed E-state index contributed by atoms with van der Waals surface area (Å²) in [4.78, 5) is 4.69. The zero-order valence-corrected chi connectivity index (χ0v) is 14.7. The van der Waals surface area contributed by atoms with Gasteiger partial charge in [-0.2, -0.15) is 5.26 Å². The molecule has 1 heterocycles. The zero-order chi connectivity index (χ0) is 17.6. The molecule has 4 heteroatoms. The van der Waals surface area contributed by atoms with Gasteiger partial charge in [0.1, 0.15) is 0 Å². The summed E-state index contributed by atoms with van der Waals surface area (Å²) in [6.45, 7) is 2.67. The average Bonchev–Trinajstić information content (AvgIpc) is 2.68. The molecule has 2 aromatic rings. The Morgan fingerprint density at radius 1 is 1.20 bits per heavy atom. The molecule has 0 radical (unpaired) electrons. The molecule has 25 heavy (non-hydrogen) atoms. The highest BCUT2D eigenvalue weighted by Crippen LogP contribution is 2.23. The number of benzene rings is 2. The summed E-state index contributed by atoms with van der Waals surface area (Å²) in [5, 5.41) is 19.4. The largest absolute Gasteiger partial charge is 0.387 e. The number of likely N-dealkylation sites (N-methyl/N-ethyl adjacent to an activating group) is 1. The number of aliphatic hydroxyl groups is 1. The molecule has 0 aliphatic carbocycles. The van der Waals surface area contributed by atoms with E-state index in [0.717, 1.165) is 31.5 Å². The molecule has 0 bridgehead atoms. The van der Waals surface area contributed by atoms with Crippen molar-refractivity contribution in [1.29, 1.82) is 5.26 Å². The van der Waals surface area contributed by atoms with Gasteiger partial charge < -0.3 is 10.0 Å². The minimum absolute atomic E-state index is 0.432. The first kappa shape index (κ1) is 17.5. The normalized spacial score (nSPS) is 18.8. The van der Waals surface area contributed by atoms with Crippen molar-refractivity contribution in [3.8, 4) is 6.07 Å². The number of hydrogen-bond acceptors (Lipinski definition) is 4. The van der Waals surface area contributed by atoms with Gasteiger partial charge >= 0.3 is 0 Å². The smallest absolute Gasteiger partial charge is 0.0991 e. The van der Waals surface area contributed by atoms with E-state index in [-0.39, 0.29) is 0 Å². The van der Waals surface area contributed by atoms with Gasteiger partial charge in [0.15, 0.2) is 0 Å². The fourth-order valence-electron chi connectivity index (χ4n) is 3.49. The van der Waals surface area contributed by atoms with Crippen LogP contribution in [0.5, 0.6) is 0 Å². The molecule has 0 spiro atoms. The van der Waals surface area contributed by atoms with Crippen LogP contribution in [0.1, 0.15) is 30.1 Å². The van der Waals surface area contributed by atoms with Crippen molar-refractivity contribution in [1.82, 2.24) is 4.90 Å². The van der Waals surface area contributed by atoms with Gasteiger partial charge in [-0.1, -0.05) is 30.3 Å². The third-order valence-corrected chi connectivity index (χ3v) is 5.03. The quantitative estimate of drug-likeness (QED) is 0.912. The lowest BCUT2D eigenvalue weighted by Crippen LogP contribution is -2.47. The molecule has 0 aromatic heterocycles. The molecular weight excluding hydrogens is 310 g/mol. The van der Waals surface area contributed by atoms with Crippen LogP contribution in [0.15, 0.2) is 54.6 Å². The molecule has 2 unspecified atom stereocenters. The second kappa shape index (κ2) is 8.15. The molecule has 1 saturated heterocycles. The van der Waals surface area contributed by atoms with E-state index in [1.807, 2.05) is 18.2 Å². The fraction of sp³-hybridized carbons (Fsp3) is 0.381. The van der Waals surface area contributed by atoms with Crippen molar-refractivity contribution >= 4 is 5.69 Å². The minimum atomic E-state index is -0.537. The number of hydrogen-bond donors (Lipinski definition) is 1. The molecule has 1 fully saturated rings. The zero-order valence-electron chi connectivity index (χ0n) is 14.7. The monoisotopic (exact) mass is 335 g/mol. The van der Waals surface area contributed by atoms with E-state index in [1.165, 1.54) is 5.69 Å². The van der Waals surface area contributed by atoms with E-state index < -0.39 is 6.10 Å². The van der Waals surface area contributed by atoms with Crippen molar-refractivity contribution in [2.75, 3.05) is 31.6 Å². The molecule has 0 saturated carbocycles. The van der Waals surface area contributed by atoms with Crippen molar-refractivity contribution in [2.24, 2.45) is 0 Å². The predicted molar refractivity (Wildman–Crippen MR) is 100 cm³/mol. The highest BCUT2D eigenvalue weighted by Gasteiger charge is 2.25. The summed E-state index contributed by atoms with van der Waals surface area (Å²) in [5.74, 6) is 0. The number of nitrogens with zero attached hydrogens (tertiary/aromatic N) is 3. The number of piperidine rings is 1. The number of rotatable bonds is 5. The van der Waals surface area contributed by atoms with Gasteiger partial charge in [-0.25, -0.2) is 0 Å². The van der Waals surface area contributed by atoms with Crippen LogP contribution in [-0.2, 0) is 0 Å². The lowest BCUT2D eigenvalue weighted by Gasteiger charge is -2.39. The van der Waals surface area contributed by atoms with E-state index in [0.29, 0.717) is 18.2 Å². The molecule has 2 atom stereocenters. The Bertz CT molecular complexity index is 708. The van der Waals surface area contributed by atoms with Crippen molar-refractivity contribution in [2.45, 2.75) is 25.0 Å². The molecule has 1 aliphatic heterocycles. The Morgan fingerprint density at radius 2 is 1.92 bits per heavy atom. The van der Waals surface area contributed by atoms with Crippen LogP contribution >= 0.6 is 0 Å². The van der Waals surface area contributed by atoms with Crippen molar-refractivity contribution in [3.05, 3.63) is 65.7 Å². The molecule has 3 rings (SSSR count). The fourth-order valence-corrected chi connectivity index (χ4v) is 3.49. The summed E-state index contributed by atoms with van der Waals surface area (Å²) >= 11 is 0. The second-order valence-corrected chi connectivity index (χ2v) is 6.77.